The number of rotatable bonds is 7. The molecule has 28 heavy (non-hydrogen) atoms. The Balaban J connectivity index is 1.50. The highest BCUT2D eigenvalue weighted by molar-refractivity contribution is 7.71. The number of thiophene rings is 1. The van der Waals surface area contributed by atoms with E-state index in [1.165, 1.54) is 16.9 Å². The number of likely N-dealkylation sites (tertiary alicyclic amines) is 1. The van der Waals surface area contributed by atoms with E-state index in [2.05, 4.69) is 46.7 Å². The molecule has 7 heteroatoms. The van der Waals surface area contributed by atoms with Gasteiger partial charge in [0.2, 0.25) is 0 Å². The number of benzene rings is 1. The zero-order valence-electron chi connectivity index (χ0n) is 16.4. The lowest BCUT2D eigenvalue weighted by Crippen LogP contribution is -2.27. The molecule has 2 aromatic heterocycles. The minimum absolute atomic E-state index is 0.403. The van der Waals surface area contributed by atoms with Crippen LogP contribution >= 0.6 is 23.6 Å². The summed E-state index contributed by atoms with van der Waals surface area (Å²) in [5.41, 5.74) is 1.34. The molecule has 4 rings (SSSR count). The Hall–Kier alpha value is -1.96. The van der Waals surface area contributed by atoms with Crippen molar-refractivity contribution in [3.05, 3.63) is 62.8 Å². The van der Waals surface area contributed by atoms with E-state index in [0.29, 0.717) is 12.6 Å². The monoisotopic (exact) mass is 414 g/mol. The second-order valence-electron chi connectivity index (χ2n) is 7.13. The number of nitrogens with zero attached hydrogens (tertiary/aromatic N) is 4. The maximum Gasteiger partial charge on any atom is 0.198 e. The first-order valence-corrected chi connectivity index (χ1v) is 11.1. The summed E-state index contributed by atoms with van der Waals surface area (Å²) in [5, 5.41) is 6.94. The lowest BCUT2D eigenvalue weighted by atomic mass is 10.0. The van der Waals surface area contributed by atoms with Crippen LogP contribution in [0.5, 0.6) is 5.75 Å². The molecule has 148 valence electrons. The second kappa shape index (κ2) is 8.59. The molecule has 5 nitrogen and oxygen atoms in total. The van der Waals surface area contributed by atoms with E-state index < -0.39 is 0 Å². The molecule has 1 saturated heterocycles. The number of hydrogen-bond donors (Lipinski definition) is 0. The van der Waals surface area contributed by atoms with Crippen LogP contribution in [0.1, 0.15) is 42.1 Å². The molecule has 3 heterocycles. The lowest BCUT2D eigenvalue weighted by molar-refractivity contribution is 0.189. The van der Waals surface area contributed by atoms with Crippen molar-refractivity contribution in [3.63, 3.8) is 0 Å². The molecule has 3 aromatic rings. The third-order valence-corrected chi connectivity index (χ3v) is 6.66. The van der Waals surface area contributed by atoms with Crippen LogP contribution in [0.2, 0.25) is 0 Å². The highest BCUT2D eigenvalue weighted by Gasteiger charge is 2.27. The van der Waals surface area contributed by atoms with Gasteiger partial charge in [-0.3, -0.25) is 4.90 Å². The van der Waals surface area contributed by atoms with Crippen molar-refractivity contribution in [1.29, 1.82) is 0 Å². The van der Waals surface area contributed by atoms with Gasteiger partial charge in [0, 0.05) is 30.9 Å². The lowest BCUT2D eigenvalue weighted by Gasteiger charge is -2.24. The first-order chi connectivity index (χ1) is 13.7. The minimum atomic E-state index is 0.403. The van der Waals surface area contributed by atoms with Crippen LogP contribution in [0.4, 0.5) is 0 Å². The summed E-state index contributed by atoms with van der Waals surface area (Å²) < 4.78 is 10.4. The molecule has 1 aliphatic heterocycles. The zero-order chi connectivity index (χ0) is 19.5. The predicted molar refractivity (Wildman–Crippen MR) is 115 cm³/mol. The Morgan fingerprint density at radius 3 is 2.79 bits per heavy atom. The molecule has 0 spiro atoms. The standard InChI is InChI=1S/C21H26N4OS2/c1-3-26-17-10-8-16(9-11-17)19-7-4-12-24(19)15-25-21(27)23(2)20(22-25)14-18-6-5-13-28-18/h5-6,8-11,13,19H,3-4,7,12,14-15H2,1-2H3/t19-/m0/s1. The summed E-state index contributed by atoms with van der Waals surface area (Å²) in [6.45, 7) is 4.50. The number of hydrogen-bond acceptors (Lipinski definition) is 5. The van der Waals surface area contributed by atoms with E-state index in [1.54, 1.807) is 11.3 Å². The molecular weight excluding hydrogens is 388 g/mol. The van der Waals surface area contributed by atoms with Crippen LogP contribution in [-0.2, 0) is 20.1 Å². The van der Waals surface area contributed by atoms with Gasteiger partial charge in [-0.2, -0.15) is 5.10 Å². The topological polar surface area (TPSA) is 35.2 Å². The van der Waals surface area contributed by atoms with E-state index in [4.69, 9.17) is 22.1 Å². The fourth-order valence-electron chi connectivity index (χ4n) is 3.85. The summed E-state index contributed by atoms with van der Waals surface area (Å²) in [6, 6.07) is 13.1. The van der Waals surface area contributed by atoms with Gasteiger partial charge in [-0.25, -0.2) is 4.68 Å². The van der Waals surface area contributed by atoms with E-state index in [-0.39, 0.29) is 0 Å². The summed E-state index contributed by atoms with van der Waals surface area (Å²) in [7, 11) is 2.02. The molecule has 0 N–H and O–H groups in total. The van der Waals surface area contributed by atoms with Crippen LogP contribution in [0, 0.1) is 4.77 Å². The molecule has 0 radical (unpaired) electrons. The molecule has 0 bridgehead atoms. The molecule has 0 saturated carbocycles. The summed E-state index contributed by atoms with van der Waals surface area (Å²) in [5.74, 6) is 1.95. The molecule has 0 amide bonds. The molecule has 0 aliphatic carbocycles. The van der Waals surface area contributed by atoms with Crippen molar-refractivity contribution in [2.45, 2.75) is 38.9 Å². The van der Waals surface area contributed by atoms with Gasteiger partial charge in [0.15, 0.2) is 4.77 Å². The number of aromatic nitrogens is 3. The molecule has 1 fully saturated rings. The van der Waals surface area contributed by atoms with Gasteiger partial charge in [0.25, 0.3) is 0 Å². The molecule has 1 aliphatic rings. The maximum atomic E-state index is 5.67. The highest BCUT2D eigenvalue weighted by Crippen LogP contribution is 2.33. The highest BCUT2D eigenvalue weighted by atomic mass is 32.1. The van der Waals surface area contributed by atoms with Crippen LogP contribution in [0.25, 0.3) is 0 Å². The SMILES string of the molecule is CCOc1ccc([C@@H]2CCCN2Cn2nc(Cc3cccs3)n(C)c2=S)cc1. The number of ether oxygens (including phenoxy) is 1. The van der Waals surface area contributed by atoms with E-state index in [1.807, 2.05) is 23.2 Å². The van der Waals surface area contributed by atoms with Crippen LogP contribution < -0.4 is 4.74 Å². The van der Waals surface area contributed by atoms with Crippen molar-refractivity contribution in [1.82, 2.24) is 19.2 Å². The quantitative estimate of drug-likeness (QED) is 0.521. The van der Waals surface area contributed by atoms with Gasteiger partial charge < -0.3 is 9.30 Å². The summed E-state index contributed by atoms with van der Waals surface area (Å²) in [4.78, 5) is 3.79. The van der Waals surface area contributed by atoms with Crippen molar-refractivity contribution in [2.24, 2.45) is 7.05 Å². The van der Waals surface area contributed by atoms with Gasteiger partial charge >= 0.3 is 0 Å². The van der Waals surface area contributed by atoms with Crippen LogP contribution in [0.3, 0.4) is 0 Å². The van der Waals surface area contributed by atoms with Crippen molar-refractivity contribution in [3.8, 4) is 5.75 Å². The first kappa shape index (κ1) is 19.4. The molecular formula is C21H26N4OS2. The minimum Gasteiger partial charge on any atom is -0.494 e. The van der Waals surface area contributed by atoms with Crippen molar-refractivity contribution < 1.29 is 4.74 Å². The Bertz CT molecular complexity index is 959. The van der Waals surface area contributed by atoms with Gasteiger partial charge in [-0.05, 0) is 61.1 Å². The Morgan fingerprint density at radius 1 is 1.25 bits per heavy atom. The summed E-state index contributed by atoms with van der Waals surface area (Å²) >= 11 is 7.43. The predicted octanol–water partition coefficient (Wildman–Crippen LogP) is 4.80. The normalized spacial score (nSPS) is 17.3. The van der Waals surface area contributed by atoms with Gasteiger partial charge in [0.05, 0.1) is 13.3 Å². The van der Waals surface area contributed by atoms with Gasteiger partial charge in [-0.15, -0.1) is 11.3 Å². The Kier molecular flexibility index (Phi) is 5.94. The smallest absolute Gasteiger partial charge is 0.198 e. The summed E-state index contributed by atoms with van der Waals surface area (Å²) in [6.07, 6.45) is 3.18. The van der Waals surface area contributed by atoms with Crippen molar-refractivity contribution in [2.75, 3.05) is 13.2 Å². The fourth-order valence-corrected chi connectivity index (χ4v) is 4.75. The third kappa shape index (κ3) is 4.06. The van der Waals surface area contributed by atoms with Crippen LogP contribution in [0.15, 0.2) is 41.8 Å². The fraction of sp³-hybridized carbons (Fsp3) is 0.429. The largest absolute Gasteiger partial charge is 0.494 e. The van der Waals surface area contributed by atoms with E-state index in [9.17, 15) is 0 Å². The van der Waals surface area contributed by atoms with Crippen LogP contribution in [-0.4, -0.2) is 32.4 Å². The van der Waals surface area contributed by atoms with Gasteiger partial charge in [-0.1, -0.05) is 18.2 Å². The molecule has 0 unspecified atom stereocenters. The van der Waals surface area contributed by atoms with E-state index in [0.717, 1.165) is 42.4 Å². The third-order valence-electron chi connectivity index (χ3n) is 5.30. The first-order valence-electron chi connectivity index (χ1n) is 9.77. The van der Waals surface area contributed by atoms with Crippen molar-refractivity contribution >= 4 is 23.6 Å². The molecule has 1 atom stereocenters. The zero-order valence-corrected chi connectivity index (χ0v) is 18.0. The Morgan fingerprint density at radius 2 is 2.07 bits per heavy atom. The average molecular weight is 415 g/mol. The van der Waals surface area contributed by atoms with Gasteiger partial charge in [0.1, 0.15) is 11.6 Å². The average Bonchev–Trinajstić information content (AvgIpc) is 3.43. The Labute approximate surface area is 175 Å². The second-order valence-corrected chi connectivity index (χ2v) is 8.52. The molecule has 1 aromatic carbocycles. The van der Waals surface area contributed by atoms with E-state index >= 15 is 0 Å². The maximum absolute atomic E-state index is 5.67.